The minimum absolute atomic E-state index is 0.0384. The standard InChI is InChI=1S/C16H18ClFN4O2/c1-10-13(17)14(20-21(10)2)16(23)22-8-4-5-11(9-22)24-15-12(18)6-3-7-19-15/h3,6-7,11H,4-5,8-9H2,1-2H3. The highest BCUT2D eigenvalue weighted by molar-refractivity contribution is 6.34. The average molecular weight is 353 g/mol. The number of aromatic nitrogens is 3. The molecule has 1 atom stereocenters. The van der Waals surface area contributed by atoms with Gasteiger partial charge in [-0.25, -0.2) is 9.37 Å². The minimum atomic E-state index is -0.510. The number of hydrogen-bond acceptors (Lipinski definition) is 4. The molecule has 1 amide bonds. The van der Waals surface area contributed by atoms with E-state index in [4.69, 9.17) is 16.3 Å². The van der Waals surface area contributed by atoms with Crippen LogP contribution in [-0.4, -0.2) is 44.8 Å². The van der Waals surface area contributed by atoms with Crippen LogP contribution in [0.1, 0.15) is 29.0 Å². The lowest BCUT2D eigenvalue weighted by molar-refractivity contribution is 0.0512. The van der Waals surface area contributed by atoms with Crippen molar-refractivity contribution in [2.45, 2.75) is 25.9 Å². The molecule has 6 nitrogen and oxygen atoms in total. The molecule has 1 aliphatic heterocycles. The molecule has 1 unspecified atom stereocenters. The number of amides is 1. The number of carbonyl (C=O) groups excluding carboxylic acids is 1. The average Bonchev–Trinajstić information content (AvgIpc) is 2.84. The van der Waals surface area contributed by atoms with Gasteiger partial charge in [-0.1, -0.05) is 11.6 Å². The van der Waals surface area contributed by atoms with Gasteiger partial charge in [0.25, 0.3) is 11.8 Å². The molecular formula is C16H18ClFN4O2. The molecule has 0 N–H and O–H groups in total. The van der Waals surface area contributed by atoms with E-state index in [1.54, 1.807) is 23.6 Å². The predicted octanol–water partition coefficient (Wildman–Crippen LogP) is 2.60. The number of pyridine rings is 1. The molecule has 3 heterocycles. The Morgan fingerprint density at radius 2 is 2.29 bits per heavy atom. The first-order valence-electron chi connectivity index (χ1n) is 7.73. The highest BCUT2D eigenvalue weighted by Gasteiger charge is 2.29. The second kappa shape index (κ2) is 6.76. The SMILES string of the molecule is Cc1c(Cl)c(C(=O)N2CCCC(Oc3ncccc3F)C2)nn1C. The van der Waals surface area contributed by atoms with Gasteiger partial charge in [-0.2, -0.15) is 5.10 Å². The van der Waals surface area contributed by atoms with Crippen LogP contribution >= 0.6 is 11.6 Å². The molecule has 0 bridgehead atoms. The number of ether oxygens (including phenoxy) is 1. The molecule has 1 saturated heterocycles. The van der Waals surface area contributed by atoms with Gasteiger partial charge < -0.3 is 9.64 Å². The molecule has 0 saturated carbocycles. The molecule has 24 heavy (non-hydrogen) atoms. The van der Waals surface area contributed by atoms with Crippen molar-refractivity contribution >= 4 is 17.5 Å². The topological polar surface area (TPSA) is 60.3 Å². The third kappa shape index (κ3) is 3.21. The van der Waals surface area contributed by atoms with Crippen molar-refractivity contribution in [3.63, 3.8) is 0 Å². The number of nitrogens with zero attached hydrogens (tertiary/aromatic N) is 4. The molecular weight excluding hydrogens is 335 g/mol. The summed E-state index contributed by atoms with van der Waals surface area (Å²) >= 11 is 6.19. The number of hydrogen-bond donors (Lipinski definition) is 0. The quantitative estimate of drug-likeness (QED) is 0.852. The van der Waals surface area contributed by atoms with Crippen LogP contribution in [0, 0.1) is 12.7 Å². The maximum atomic E-state index is 13.7. The smallest absolute Gasteiger partial charge is 0.276 e. The molecule has 2 aromatic heterocycles. The highest BCUT2D eigenvalue weighted by atomic mass is 35.5. The molecule has 8 heteroatoms. The zero-order valence-corrected chi connectivity index (χ0v) is 14.3. The predicted molar refractivity (Wildman–Crippen MR) is 86.7 cm³/mol. The van der Waals surface area contributed by atoms with Crippen molar-refractivity contribution in [2.75, 3.05) is 13.1 Å². The molecule has 128 valence electrons. The van der Waals surface area contributed by atoms with Gasteiger partial charge in [0.05, 0.1) is 17.3 Å². The summed E-state index contributed by atoms with van der Waals surface area (Å²) in [5, 5.41) is 4.55. The molecule has 0 radical (unpaired) electrons. The van der Waals surface area contributed by atoms with E-state index in [2.05, 4.69) is 10.1 Å². The van der Waals surface area contributed by atoms with Crippen molar-refractivity contribution in [1.29, 1.82) is 0 Å². The first-order chi connectivity index (χ1) is 11.5. The summed E-state index contributed by atoms with van der Waals surface area (Å²) in [6.07, 6.45) is 2.65. The van der Waals surface area contributed by atoms with Crippen molar-refractivity contribution in [1.82, 2.24) is 19.7 Å². The molecule has 1 fully saturated rings. The van der Waals surface area contributed by atoms with E-state index < -0.39 is 5.82 Å². The van der Waals surface area contributed by atoms with E-state index >= 15 is 0 Å². The van der Waals surface area contributed by atoms with Crippen molar-refractivity contribution < 1.29 is 13.9 Å². The Labute approximate surface area is 144 Å². The summed E-state index contributed by atoms with van der Waals surface area (Å²) in [5.41, 5.74) is 0.974. The van der Waals surface area contributed by atoms with Crippen molar-refractivity contribution in [2.24, 2.45) is 7.05 Å². The molecule has 0 spiro atoms. The zero-order valence-electron chi connectivity index (χ0n) is 13.5. The van der Waals surface area contributed by atoms with Crippen LogP contribution in [0.15, 0.2) is 18.3 Å². The highest BCUT2D eigenvalue weighted by Crippen LogP contribution is 2.24. The van der Waals surface area contributed by atoms with Gasteiger partial charge in [0.15, 0.2) is 11.5 Å². The third-order valence-corrected chi connectivity index (χ3v) is 4.58. The lowest BCUT2D eigenvalue weighted by Crippen LogP contribution is -2.44. The van der Waals surface area contributed by atoms with Crippen LogP contribution in [0.25, 0.3) is 0 Å². The summed E-state index contributed by atoms with van der Waals surface area (Å²) < 4.78 is 20.9. The van der Waals surface area contributed by atoms with Gasteiger partial charge >= 0.3 is 0 Å². The molecule has 0 aliphatic carbocycles. The Bertz CT molecular complexity index is 765. The van der Waals surface area contributed by atoms with E-state index in [1.807, 2.05) is 0 Å². The minimum Gasteiger partial charge on any atom is -0.470 e. The van der Waals surface area contributed by atoms with E-state index in [1.165, 1.54) is 18.3 Å². The van der Waals surface area contributed by atoms with E-state index in [0.717, 1.165) is 18.5 Å². The Morgan fingerprint density at radius 3 is 2.96 bits per heavy atom. The van der Waals surface area contributed by atoms with Crippen LogP contribution < -0.4 is 4.74 Å². The fourth-order valence-corrected chi connectivity index (χ4v) is 2.94. The second-order valence-corrected chi connectivity index (χ2v) is 6.17. The first-order valence-corrected chi connectivity index (χ1v) is 8.10. The molecule has 3 rings (SSSR count). The summed E-state index contributed by atoms with van der Waals surface area (Å²) in [7, 11) is 1.74. The zero-order chi connectivity index (χ0) is 17.3. The number of carbonyl (C=O) groups is 1. The molecule has 1 aliphatic rings. The van der Waals surface area contributed by atoms with Crippen molar-refractivity contribution in [3.8, 4) is 5.88 Å². The van der Waals surface area contributed by atoms with Gasteiger partial charge in [-0.05, 0) is 31.9 Å². The van der Waals surface area contributed by atoms with E-state index in [0.29, 0.717) is 18.1 Å². The summed E-state index contributed by atoms with van der Waals surface area (Å²) in [4.78, 5) is 18.2. The molecule has 0 aromatic carbocycles. The second-order valence-electron chi connectivity index (χ2n) is 5.80. The van der Waals surface area contributed by atoms with Crippen molar-refractivity contribution in [3.05, 3.63) is 40.6 Å². The van der Waals surface area contributed by atoms with Gasteiger partial charge in [0.2, 0.25) is 0 Å². The number of halogens is 2. The number of rotatable bonds is 3. The first kappa shape index (κ1) is 16.7. The monoisotopic (exact) mass is 352 g/mol. The van der Waals surface area contributed by atoms with E-state index in [-0.39, 0.29) is 23.6 Å². The van der Waals surface area contributed by atoms with Crippen LogP contribution in [-0.2, 0) is 7.05 Å². The maximum absolute atomic E-state index is 13.7. The fraction of sp³-hybridized carbons (Fsp3) is 0.438. The van der Waals surface area contributed by atoms with Crippen LogP contribution in [0.2, 0.25) is 5.02 Å². The Hall–Kier alpha value is -2.15. The maximum Gasteiger partial charge on any atom is 0.276 e. The van der Waals surface area contributed by atoms with Crippen LogP contribution in [0.4, 0.5) is 4.39 Å². The molecule has 2 aromatic rings. The summed E-state index contributed by atoms with van der Waals surface area (Å²) in [6, 6.07) is 2.80. The van der Waals surface area contributed by atoms with Gasteiger partial charge in [-0.15, -0.1) is 0 Å². The van der Waals surface area contributed by atoms with Crippen LogP contribution in [0.3, 0.4) is 0 Å². The number of aryl methyl sites for hydroxylation is 1. The summed E-state index contributed by atoms with van der Waals surface area (Å²) in [6.45, 7) is 2.74. The lowest BCUT2D eigenvalue weighted by Gasteiger charge is -2.32. The van der Waals surface area contributed by atoms with E-state index in [9.17, 15) is 9.18 Å². The number of likely N-dealkylation sites (tertiary alicyclic amines) is 1. The van der Waals surface area contributed by atoms with Crippen LogP contribution in [0.5, 0.6) is 5.88 Å². The number of piperidine rings is 1. The van der Waals surface area contributed by atoms with Gasteiger partial charge in [-0.3, -0.25) is 9.48 Å². The lowest BCUT2D eigenvalue weighted by atomic mass is 10.1. The van der Waals surface area contributed by atoms with Gasteiger partial charge in [0, 0.05) is 19.8 Å². The Kier molecular flexibility index (Phi) is 4.71. The third-order valence-electron chi connectivity index (χ3n) is 4.13. The Morgan fingerprint density at radius 1 is 1.50 bits per heavy atom. The van der Waals surface area contributed by atoms with Gasteiger partial charge in [0.1, 0.15) is 6.10 Å². The fourth-order valence-electron chi connectivity index (χ4n) is 2.70. The largest absolute Gasteiger partial charge is 0.470 e. The Balaban J connectivity index is 1.72. The summed E-state index contributed by atoms with van der Waals surface area (Å²) in [5.74, 6) is -0.786. The normalized spacial score (nSPS) is 17.8.